The fourth-order valence-electron chi connectivity index (χ4n) is 2.21. The van der Waals surface area contributed by atoms with E-state index in [4.69, 9.17) is 0 Å². The topological polar surface area (TPSA) is 29.1 Å². The number of hydrogen-bond donors (Lipinski definition) is 1. The quantitative estimate of drug-likeness (QED) is 0.882. The summed E-state index contributed by atoms with van der Waals surface area (Å²) in [6, 6.07) is 18.8. The molecule has 2 nitrogen and oxygen atoms in total. The Morgan fingerprint density at radius 1 is 1.00 bits per heavy atom. The molecule has 1 atom stereocenters. The van der Waals surface area contributed by atoms with Crippen LogP contribution < -0.4 is 5.32 Å². The summed E-state index contributed by atoms with van der Waals surface area (Å²) in [6.45, 7) is 1.63. The summed E-state index contributed by atoms with van der Waals surface area (Å²) in [5.41, 5.74) is 3.56. The summed E-state index contributed by atoms with van der Waals surface area (Å²) in [5, 5.41) is 3.19. The zero-order chi connectivity index (χ0) is 13.7. The van der Waals surface area contributed by atoms with Gasteiger partial charge in [-0.05, 0) is 30.7 Å². The third-order valence-electron chi connectivity index (χ3n) is 3.26. The number of Topliss-reactive ketones (excluding diaryl/α,β-unsaturated/α-hetero) is 1. The molecule has 0 aliphatic rings. The smallest absolute Gasteiger partial charge is 0.131 e. The van der Waals surface area contributed by atoms with Crippen molar-refractivity contribution in [1.29, 1.82) is 0 Å². The van der Waals surface area contributed by atoms with Crippen LogP contribution in [0.25, 0.3) is 11.1 Å². The molecule has 2 rings (SSSR count). The fraction of sp³-hybridized carbons (Fsp3) is 0.235. The Kier molecular flexibility index (Phi) is 4.48. The van der Waals surface area contributed by atoms with Gasteiger partial charge in [-0.15, -0.1) is 0 Å². The predicted molar refractivity (Wildman–Crippen MR) is 79.0 cm³/mol. The van der Waals surface area contributed by atoms with Crippen LogP contribution in [0.2, 0.25) is 0 Å². The summed E-state index contributed by atoms with van der Waals surface area (Å²) in [7, 11) is 1.89. The third-order valence-corrected chi connectivity index (χ3v) is 3.26. The molecule has 2 aromatic carbocycles. The largest absolute Gasteiger partial charge is 0.313 e. The van der Waals surface area contributed by atoms with E-state index < -0.39 is 0 Å². The highest BCUT2D eigenvalue weighted by Gasteiger charge is 2.11. The lowest BCUT2D eigenvalue weighted by molar-refractivity contribution is -0.117. The summed E-state index contributed by atoms with van der Waals surface area (Å²) >= 11 is 0. The van der Waals surface area contributed by atoms with Gasteiger partial charge in [-0.25, -0.2) is 0 Å². The van der Waals surface area contributed by atoms with Gasteiger partial charge in [0.25, 0.3) is 0 Å². The maximum Gasteiger partial charge on any atom is 0.131 e. The average Bonchev–Trinajstić information content (AvgIpc) is 2.46. The zero-order valence-electron chi connectivity index (χ0n) is 11.4. The maximum absolute atomic E-state index is 11.2. The first-order valence-electron chi connectivity index (χ1n) is 6.53. The SMILES string of the molecule is CNC(CC(C)=O)c1ccc(-c2ccccc2)cc1. The standard InChI is InChI=1S/C17H19NO/c1-13(19)12-17(18-2)16-10-8-15(9-11-16)14-6-4-3-5-7-14/h3-11,17-18H,12H2,1-2H3. The van der Waals surface area contributed by atoms with E-state index in [9.17, 15) is 4.79 Å². The van der Waals surface area contributed by atoms with Crippen LogP contribution in [0.4, 0.5) is 0 Å². The van der Waals surface area contributed by atoms with E-state index in [1.807, 2.05) is 25.2 Å². The Bertz CT molecular complexity index is 531. The number of carbonyl (C=O) groups is 1. The highest BCUT2D eigenvalue weighted by atomic mass is 16.1. The van der Waals surface area contributed by atoms with Crippen LogP contribution in [0.1, 0.15) is 24.9 Å². The monoisotopic (exact) mass is 253 g/mol. The van der Waals surface area contributed by atoms with Crippen LogP contribution in [0, 0.1) is 0 Å². The number of nitrogens with one attached hydrogen (secondary N) is 1. The number of rotatable bonds is 5. The van der Waals surface area contributed by atoms with Crippen LogP contribution in [0.15, 0.2) is 54.6 Å². The van der Waals surface area contributed by atoms with E-state index in [1.54, 1.807) is 6.92 Å². The molecule has 0 amide bonds. The molecular formula is C17H19NO. The van der Waals surface area contributed by atoms with E-state index in [2.05, 4.69) is 41.7 Å². The predicted octanol–water partition coefficient (Wildman–Crippen LogP) is 3.59. The molecule has 0 radical (unpaired) electrons. The van der Waals surface area contributed by atoms with E-state index >= 15 is 0 Å². The van der Waals surface area contributed by atoms with Crippen LogP contribution in [0.3, 0.4) is 0 Å². The van der Waals surface area contributed by atoms with E-state index in [0.29, 0.717) is 6.42 Å². The molecular weight excluding hydrogens is 234 g/mol. The fourth-order valence-corrected chi connectivity index (χ4v) is 2.21. The summed E-state index contributed by atoms with van der Waals surface area (Å²) in [6.07, 6.45) is 0.529. The lowest BCUT2D eigenvalue weighted by atomic mass is 9.98. The molecule has 1 N–H and O–H groups in total. The lowest BCUT2D eigenvalue weighted by Gasteiger charge is -2.15. The Hall–Kier alpha value is -1.93. The minimum atomic E-state index is 0.0994. The number of benzene rings is 2. The van der Waals surface area contributed by atoms with Crippen molar-refractivity contribution >= 4 is 5.78 Å². The number of ketones is 1. The summed E-state index contributed by atoms with van der Waals surface area (Å²) in [5.74, 6) is 0.200. The van der Waals surface area contributed by atoms with Crippen LogP contribution in [-0.2, 0) is 4.79 Å². The number of carbonyl (C=O) groups excluding carboxylic acids is 1. The Morgan fingerprint density at radius 3 is 2.11 bits per heavy atom. The first-order valence-corrected chi connectivity index (χ1v) is 6.53. The van der Waals surface area contributed by atoms with Gasteiger partial charge in [0.05, 0.1) is 0 Å². The van der Waals surface area contributed by atoms with E-state index in [0.717, 1.165) is 5.56 Å². The molecule has 2 aromatic rings. The second-order valence-corrected chi connectivity index (χ2v) is 4.74. The van der Waals surface area contributed by atoms with Crippen LogP contribution >= 0.6 is 0 Å². The molecule has 0 aliphatic heterocycles. The van der Waals surface area contributed by atoms with Crippen LogP contribution in [-0.4, -0.2) is 12.8 Å². The molecule has 0 spiro atoms. The van der Waals surface area contributed by atoms with Crippen LogP contribution in [0.5, 0.6) is 0 Å². The van der Waals surface area contributed by atoms with Gasteiger partial charge in [0.1, 0.15) is 5.78 Å². The van der Waals surface area contributed by atoms with Crippen molar-refractivity contribution in [2.45, 2.75) is 19.4 Å². The Morgan fingerprint density at radius 2 is 1.58 bits per heavy atom. The van der Waals surface area contributed by atoms with Crippen molar-refractivity contribution in [1.82, 2.24) is 5.32 Å². The van der Waals surface area contributed by atoms with E-state index in [1.165, 1.54) is 11.1 Å². The summed E-state index contributed by atoms with van der Waals surface area (Å²) in [4.78, 5) is 11.2. The maximum atomic E-state index is 11.2. The molecule has 0 fully saturated rings. The molecule has 0 saturated carbocycles. The zero-order valence-corrected chi connectivity index (χ0v) is 11.4. The molecule has 0 saturated heterocycles. The first kappa shape index (κ1) is 13.5. The minimum Gasteiger partial charge on any atom is -0.313 e. The van der Waals surface area contributed by atoms with Gasteiger partial charge in [0.15, 0.2) is 0 Å². The van der Waals surface area contributed by atoms with Crippen molar-refractivity contribution in [3.8, 4) is 11.1 Å². The molecule has 0 aliphatic carbocycles. The second-order valence-electron chi connectivity index (χ2n) is 4.74. The first-order chi connectivity index (χ1) is 9.20. The van der Waals surface area contributed by atoms with E-state index in [-0.39, 0.29) is 11.8 Å². The Labute approximate surface area is 114 Å². The Balaban J connectivity index is 2.20. The molecule has 19 heavy (non-hydrogen) atoms. The molecule has 0 heterocycles. The van der Waals surface area contributed by atoms with Gasteiger partial charge in [-0.2, -0.15) is 0 Å². The third kappa shape index (κ3) is 3.52. The van der Waals surface area contributed by atoms with Crippen molar-refractivity contribution in [3.63, 3.8) is 0 Å². The van der Waals surface area contributed by atoms with Crippen molar-refractivity contribution in [3.05, 3.63) is 60.2 Å². The van der Waals surface area contributed by atoms with Gasteiger partial charge >= 0.3 is 0 Å². The minimum absolute atomic E-state index is 0.0994. The molecule has 0 bridgehead atoms. The highest BCUT2D eigenvalue weighted by Crippen LogP contribution is 2.23. The molecule has 1 unspecified atom stereocenters. The summed E-state index contributed by atoms with van der Waals surface area (Å²) < 4.78 is 0. The van der Waals surface area contributed by atoms with Crippen molar-refractivity contribution in [2.24, 2.45) is 0 Å². The molecule has 98 valence electrons. The van der Waals surface area contributed by atoms with Gasteiger partial charge in [0.2, 0.25) is 0 Å². The molecule has 0 aromatic heterocycles. The highest BCUT2D eigenvalue weighted by molar-refractivity contribution is 5.76. The second kappa shape index (κ2) is 6.30. The van der Waals surface area contributed by atoms with Crippen molar-refractivity contribution < 1.29 is 4.79 Å². The van der Waals surface area contributed by atoms with Gasteiger partial charge in [-0.3, -0.25) is 4.79 Å². The van der Waals surface area contributed by atoms with Gasteiger partial charge in [-0.1, -0.05) is 54.6 Å². The lowest BCUT2D eigenvalue weighted by Crippen LogP contribution is -2.18. The van der Waals surface area contributed by atoms with Crippen molar-refractivity contribution in [2.75, 3.05) is 7.05 Å². The van der Waals surface area contributed by atoms with Gasteiger partial charge in [0, 0.05) is 12.5 Å². The normalized spacial score (nSPS) is 12.1. The number of hydrogen-bond acceptors (Lipinski definition) is 2. The van der Waals surface area contributed by atoms with Gasteiger partial charge < -0.3 is 5.32 Å². The molecule has 2 heteroatoms. The average molecular weight is 253 g/mol.